The van der Waals surface area contributed by atoms with Gasteiger partial charge in [0, 0.05) is 5.46 Å². The maximum absolute atomic E-state index is 11.7. The second-order valence-electron chi connectivity index (χ2n) is 3.42. The summed E-state index contributed by atoms with van der Waals surface area (Å²) in [5, 5.41) is 18.2. The lowest BCUT2D eigenvalue weighted by molar-refractivity contribution is -0.325. The van der Waals surface area contributed by atoms with Crippen molar-refractivity contribution >= 4 is 12.6 Å². The lowest BCUT2D eigenvalue weighted by atomic mass is 9.79. The average molecular weight is 280 g/mol. The predicted octanol–water partition coefficient (Wildman–Crippen LogP) is 0.290. The number of hydrogen-bond acceptors (Lipinski definition) is 5. The first kappa shape index (κ1) is 15.6. The van der Waals surface area contributed by atoms with Gasteiger partial charge in [-0.2, -0.15) is 0 Å². The van der Waals surface area contributed by atoms with E-state index >= 15 is 0 Å². The maximum atomic E-state index is 11.7. The minimum atomic E-state index is -4.72. The Morgan fingerprint density at radius 2 is 1.89 bits per heavy atom. The van der Waals surface area contributed by atoms with Gasteiger partial charge in [0.15, 0.2) is 0 Å². The number of benzene rings is 1. The van der Waals surface area contributed by atoms with Crippen LogP contribution in [0.4, 0.5) is 13.2 Å². The molecule has 0 radical (unpaired) electrons. The molecule has 1 aromatic rings. The van der Waals surface area contributed by atoms with Crippen LogP contribution in [0, 0.1) is 0 Å². The van der Waals surface area contributed by atoms with Crippen LogP contribution in [-0.2, 0) is 4.74 Å². The van der Waals surface area contributed by atoms with Crippen LogP contribution >= 0.6 is 0 Å². The van der Waals surface area contributed by atoms with E-state index in [0.29, 0.717) is 5.75 Å². The van der Waals surface area contributed by atoms with Crippen LogP contribution in [0.1, 0.15) is 0 Å². The van der Waals surface area contributed by atoms with Crippen molar-refractivity contribution in [1.29, 1.82) is 0 Å². The molecule has 0 aromatic heterocycles. The van der Waals surface area contributed by atoms with Gasteiger partial charge in [-0.25, -0.2) is 0 Å². The molecule has 9 heteroatoms. The summed E-state index contributed by atoms with van der Waals surface area (Å²) in [5.74, 6) is 0.406. The normalized spacial score (nSPS) is 11.3. The smallest absolute Gasteiger partial charge is 0.497 e. The quantitative estimate of drug-likeness (QED) is 0.579. The van der Waals surface area contributed by atoms with Gasteiger partial charge in [-0.05, 0) is 18.2 Å². The Labute approximate surface area is 107 Å². The molecule has 0 aliphatic carbocycles. The van der Waals surface area contributed by atoms with Crippen molar-refractivity contribution in [2.45, 2.75) is 6.36 Å². The first-order valence-electron chi connectivity index (χ1n) is 5.21. The lowest BCUT2D eigenvalue weighted by Crippen LogP contribution is -2.32. The zero-order valence-corrected chi connectivity index (χ0v) is 9.98. The molecule has 1 rings (SSSR count). The van der Waals surface area contributed by atoms with Gasteiger partial charge in [-0.1, -0.05) is 0 Å². The fourth-order valence-corrected chi connectivity index (χ4v) is 1.30. The summed E-state index contributed by atoms with van der Waals surface area (Å²) in [6, 6.07) is 4.15. The molecule has 0 bridgehead atoms. The van der Waals surface area contributed by atoms with Gasteiger partial charge in [-0.3, -0.25) is 4.74 Å². The molecule has 0 saturated heterocycles. The zero-order valence-electron chi connectivity index (χ0n) is 9.98. The van der Waals surface area contributed by atoms with Crippen molar-refractivity contribution in [3.63, 3.8) is 0 Å². The second kappa shape index (κ2) is 6.64. The highest BCUT2D eigenvalue weighted by Crippen LogP contribution is 2.17. The molecule has 0 heterocycles. The van der Waals surface area contributed by atoms with Crippen LogP contribution in [0.25, 0.3) is 0 Å². The van der Waals surface area contributed by atoms with E-state index in [4.69, 9.17) is 19.5 Å². The van der Waals surface area contributed by atoms with E-state index in [-0.39, 0.29) is 17.8 Å². The number of rotatable bonds is 6. The summed E-state index contributed by atoms with van der Waals surface area (Å²) < 4.78 is 48.5. The average Bonchev–Trinajstić information content (AvgIpc) is 2.33. The van der Waals surface area contributed by atoms with Gasteiger partial charge >= 0.3 is 13.5 Å². The molecule has 0 aliphatic rings. The number of halogens is 3. The van der Waals surface area contributed by atoms with Crippen molar-refractivity contribution in [1.82, 2.24) is 0 Å². The molecule has 1 aromatic carbocycles. The number of hydrogen-bond donors (Lipinski definition) is 2. The van der Waals surface area contributed by atoms with Crippen molar-refractivity contribution in [3.8, 4) is 11.5 Å². The molecule has 2 N–H and O–H groups in total. The summed E-state index contributed by atoms with van der Waals surface area (Å²) in [5.41, 5.74) is -0.00800. The van der Waals surface area contributed by atoms with E-state index in [1.807, 2.05) is 0 Å². The molecule has 106 valence electrons. The predicted molar refractivity (Wildman–Crippen MR) is 60.3 cm³/mol. The van der Waals surface area contributed by atoms with E-state index in [9.17, 15) is 13.2 Å². The van der Waals surface area contributed by atoms with Gasteiger partial charge in [0.1, 0.15) is 18.1 Å². The largest absolute Gasteiger partial charge is 0.522 e. The van der Waals surface area contributed by atoms with Gasteiger partial charge in [0.2, 0.25) is 0 Å². The van der Waals surface area contributed by atoms with Gasteiger partial charge < -0.3 is 19.5 Å². The molecule has 0 fully saturated rings. The first-order valence-corrected chi connectivity index (χ1v) is 5.21. The van der Waals surface area contributed by atoms with Crippen molar-refractivity contribution in [2.24, 2.45) is 0 Å². The molecular formula is C10H12BF3O5. The highest BCUT2D eigenvalue weighted by Gasteiger charge is 2.28. The molecule has 0 unspecified atom stereocenters. The van der Waals surface area contributed by atoms with Crippen LogP contribution in [0.2, 0.25) is 0 Å². The summed E-state index contributed by atoms with van der Waals surface area (Å²) in [6.45, 7) is -1.08. The number of alkyl halides is 3. The monoisotopic (exact) mass is 280 g/mol. The Kier molecular flexibility index (Phi) is 5.46. The Morgan fingerprint density at radius 1 is 1.21 bits per heavy atom. The Hall–Kier alpha value is -1.45. The Bertz CT molecular complexity index is 411. The summed E-state index contributed by atoms with van der Waals surface area (Å²) in [6.07, 6.45) is -4.72. The zero-order chi connectivity index (χ0) is 14.5. The van der Waals surface area contributed by atoms with Gasteiger partial charge in [0.25, 0.3) is 0 Å². The van der Waals surface area contributed by atoms with Crippen molar-refractivity contribution in [2.75, 3.05) is 20.3 Å². The number of ether oxygens (including phenoxy) is 3. The minimum Gasteiger partial charge on any atom is -0.497 e. The standard InChI is InChI=1S/C10H12BF3O5/c1-17-7-2-3-9(8(6-7)11(15)16)18-4-5-19-10(12,13)14/h2-3,6,15-16H,4-5H2,1H3. The number of methoxy groups -OCH3 is 1. The first-order chi connectivity index (χ1) is 8.83. The van der Waals surface area contributed by atoms with Crippen molar-refractivity contribution in [3.05, 3.63) is 18.2 Å². The van der Waals surface area contributed by atoms with Crippen LogP contribution in [0.3, 0.4) is 0 Å². The lowest BCUT2D eigenvalue weighted by Gasteiger charge is -2.13. The SMILES string of the molecule is COc1ccc(OCCOC(F)(F)F)c(B(O)O)c1. The second-order valence-corrected chi connectivity index (χ2v) is 3.42. The third kappa shape index (κ3) is 5.37. The fraction of sp³-hybridized carbons (Fsp3) is 0.400. The molecular weight excluding hydrogens is 268 g/mol. The summed E-state index contributed by atoms with van der Waals surface area (Å²) in [4.78, 5) is 0. The maximum Gasteiger partial charge on any atom is 0.522 e. The molecule has 19 heavy (non-hydrogen) atoms. The third-order valence-electron chi connectivity index (χ3n) is 2.10. The molecule has 0 atom stereocenters. The van der Waals surface area contributed by atoms with E-state index in [1.54, 1.807) is 0 Å². The van der Waals surface area contributed by atoms with Crippen molar-refractivity contribution < 1.29 is 37.4 Å². The highest BCUT2D eigenvalue weighted by molar-refractivity contribution is 6.59. The van der Waals surface area contributed by atoms with Crippen LogP contribution in [-0.4, -0.2) is 43.9 Å². The van der Waals surface area contributed by atoms with Gasteiger partial charge in [0.05, 0.1) is 13.7 Å². The summed E-state index contributed by atoms with van der Waals surface area (Å²) >= 11 is 0. The van der Waals surface area contributed by atoms with Crippen LogP contribution in [0.15, 0.2) is 18.2 Å². The Morgan fingerprint density at radius 3 is 2.42 bits per heavy atom. The minimum absolute atomic E-state index is 0.00800. The van der Waals surface area contributed by atoms with E-state index < -0.39 is 20.1 Å². The highest BCUT2D eigenvalue weighted by atomic mass is 19.4. The molecule has 0 saturated carbocycles. The fourth-order valence-electron chi connectivity index (χ4n) is 1.30. The van der Waals surface area contributed by atoms with Crippen LogP contribution in [0.5, 0.6) is 11.5 Å². The van der Waals surface area contributed by atoms with E-state index in [2.05, 4.69) is 4.74 Å². The Balaban J connectivity index is 2.62. The van der Waals surface area contributed by atoms with Crippen LogP contribution < -0.4 is 14.9 Å². The van der Waals surface area contributed by atoms with Gasteiger partial charge in [-0.15, -0.1) is 13.2 Å². The summed E-state index contributed by atoms with van der Waals surface area (Å²) in [7, 11) is -0.436. The van der Waals surface area contributed by atoms with E-state index in [0.717, 1.165) is 0 Å². The molecule has 0 amide bonds. The molecule has 5 nitrogen and oxygen atoms in total. The third-order valence-corrected chi connectivity index (χ3v) is 2.10. The molecule has 0 spiro atoms. The van der Waals surface area contributed by atoms with E-state index in [1.165, 1.54) is 25.3 Å². The molecule has 0 aliphatic heterocycles. The topological polar surface area (TPSA) is 68.2 Å².